The van der Waals surface area contributed by atoms with E-state index in [-0.39, 0.29) is 5.54 Å². The third-order valence-corrected chi connectivity index (χ3v) is 3.30. The van der Waals surface area contributed by atoms with E-state index < -0.39 is 0 Å². The van der Waals surface area contributed by atoms with Gasteiger partial charge in [0.1, 0.15) is 11.5 Å². The molecule has 0 aromatic heterocycles. The van der Waals surface area contributed by atoms with Gasteiger partial charge in [0, 0.05) is 17.6 Å². The summed E-state index contributed by atoms with van der Waals surface area (Å²) in [5, 5.41) is 3.35. The molecule has 17 heavy (non-hydrogen) atoms. The van der Waals surface area contributed by atoms with Crippen molar-refractivity contribution in [2.45, 2.75) is 25.3 Å². The van der Waals surface area contributed by atoms with Crippen LogP contribution in [-0.4, -0.2) is 26.3 Å². The Bertz CT molecular complexity index is 414. The van der Waals surface area contributed by atoms with Crippen LogP contribution < -0.4 is 20.5 Å². The highest BCUT2D eigenvalue weighted by atomic mass is 16.5. The second-order valence-corrected chi connectivity index (χ2v) is 4.69. The van der Waals surface area contributed by atoms with Crippen LogP contribution >= 0.6 is 0 Å². The number of nitrogens with one attached hydrogen (secondary N) is 1. The lowest BCUT2D eigenvalue weighted by Crippen LogP contribution is -2.31. The summed E-state index contributed by atoms with van der Waals surface area (Å²) in [6.07, 6.45) is 2.19. The van der Waals surface area contributed by atoms with Gasteiger partial charge >= 0.3 is 0 Å². The smallest absolute Gasteiger partial charge is 0.148 e. The highest BCUT2D eigenvalue weighted by Gasteiger charge is 2.37. The standard InChI is InChI=1S/C13H20N2O2/c1-9-11(16-2)5-4-10(12(9)17-3)15-8-13(14)6-7-13/h4-5,15H,6-8,14H2,1-3H3. The van der Waals surface area contributed by atoms with Crippen LogP contribution in [-0.2, 0) is 0 Å². The zero-order valence-corrected chi connectivity index (χ0v) is 10.7. The SMILES string of the molecule is COc1ccc(NCC2(N)CC2)c(OC)c1C. The van der Waals surface area contributed by atoms with Crippen LogP contribution in [0.25, 0.3) is 0 Å². The summed E-state index contributed by atoms with van der Waals surface area (Å²) in [6.45, 7) is 2.77. The van der Waals surface area contributed by atoms with Crippen molar-refractivity contribution in [1.82, 2.24) is 0 Å². The van der Waals surface area contributed by atoms with Gasteiger partial charge < -0.3 is 20.5 Å². The predicted molar refractivity (Wildman–Crippen MR) is 68.9 cm³/mol. The zero-order valence-electron chi connectivity index (χ0n) is 10.7. The molecule has 1 aliphatic carbocycles. The third-order valence-electron chi connectivity index (χ3n) is 3.30. The van der Waals surface area contributed by atoms with Crippen molar-refractivity contribution >= 4 is 5.69 Å². The Hall–Kier alpha value is -1.42. The zero-order chi connectivity index (χ0) is 12.5. The van der Waals surface area contributed by atoms with Crippen molar-refractivity contribution in [2.75, 3.05) is 26.1 Å². The molecule has 0 heterocycles. The summed E-state index contributed by atoms with van der Waals surface area (Å²) in [6, 6.07) is 3.91. The van der Waals surface area contributed by atoms with Gasteiger partial charge in [-0.15, -0.1) is 0 Å². The predicted octanol–water partition coefficient (Wildman–Crippen LogP) is 1.92. The first-order chi connectivity index (χ1) is 8.09. The van der Waals surface area contributed by atoms with Gasteiger partial charge in [-0.2, -0.15) is 0 Å². The quantitative estimate of drug-likeness (QED) is 0.820. The third kappa shape index (κ3) is 2.47. The number of nitrogens with two attached hydrogens (primary N) is 1. The van der Waals surface area contributed by atoms with Crippen molar-refractivity contribution in [3.05, 3.63) is 17.7 Å². The number of methoxy groups -OCH3 is 2. The fraction of sp³-hybridized carbons (Fsp3) is 0.538. The largest absolute Gasteiger partial charge is 0.496 e. The Morgan fingerprint density at radius 2 is 2.00 bits per heavy atom. The maximum Gasteiger partial charge on any atom is 0.148 e. The molecule has 0 aliphatic heterocycles. The molecule has 1 aromatic rings. The molecule has 4 heteroatoms. The number of hydrogen-bond donors (Lipinski definition) is 2. The molecule has 0 saturated heterocycles. The second-order valence-electron chi connectivity index (χ2n) is 4.69. The van der Waals surface area contributed by atoms with Crippen molar-refractivity contribution in [2.24, 2.45) is 5.73 Å². The molecule has 1 fully saturated rings. The summed E-state index contributed by atoms with van der Waals surface area (Å²) in [7, 11) is 3.33. The Kier molecular flexibility index (Phi) is 3.15. The van der Waals surface area contributed by atoms with Gasteiger partial charge in [0.05, 0.1) is 19.9 Å². The molecule has 0 atom stereocenters. The molecule has 0 unspecified atom stereocenters. The Balaban J connectivity index is 2.18. The molecule has 1 aliphatic rings. The van der Waals surface area contributed by atoms with E-state index in [2.05, 4.69) is 5.32 Å². The molecule has 2 rings (SSSR count). The van der Waals surface area contributed by atoms with Gasteiger partial charge in [-0.1, -0.05) is 0 Å². The number of benzene rings is 1. The van der Waals surface area contributed by atoms with Crippen LogP contribution in [0.4, 0.5) is 5.69 Å². The van der Waals surface area contributed by atoms with Crippen LogP contribution in [0.1, 0.15) is 18.4 Å². The fourth-order valence-corrected chi connectivity index (χ4v) is 1.91. The van der Waals surface area contributed by atoms with E-state index in [0.29, 0.717) is 0 Å². The number of anilines is 1. The normalized spacial score (nSPS) is 16.5. The van der Waals surface area contributed by atoms with Crippen LogP contribution in [0.15, 0.2) is 12.1 Å². The summed E-state index contributed by atoms with van der Waals surface area (Å²) in [4.78, 5) is 0. The van der Waals surface area contributed by atoms with E-state index >= 15 is 0 Å². The molecular formula is C13H20N2O2. The Morgan fingerprint density at radius 3 is 2.53 bits per heavy atom. The van der Waals surface area contributed by atoms with Crippen LogP contribution in [0.2, 0.25) is 0 Å². The van der Waals surface area contributed by atoms with Gasteiger partial charge in [-0.05, 0) is 31.9 Å². The fourth-order valence-electron chi connectivity index (χ4n) is 1.91. The summed E-state index contributed by atoms with van der Waals surface area (Å²) in [5.41, 5.74) is 8.01. The van der Waals surface area contributed by atoms with E-state index in [1.54, 1.807) is 14.2 Å². The van der Waals surface area contributed by atoms with E-state index in [9.17, 15) is 0 Å². The average molecular weight is 236 g/mol. The lowest BCUT2D eigenvalue weighted by atomic mass is 10.1. The molecule has 1 saturated carbocycles. The van der Waals surface area contributed by atoms with Crippen LogP contribution in [0, 0.1) is 6.92 Å². The maximum absolute atomic E-state index is 6.05. The first kappa shape index (κ1) is 12.0. The molecule has 0 bridgehead atoms. The molecule has 94 valence electrons. The van der Waals surface area contributed by atoms with Crippen LogP contribution in [0.3, 0.4) is 0 Å². The van der Waals surface area contributed by atoms with Gasteiger partial charge in [0.2, 0.25) is 0 Å². The first-order valence-electron chi connectivity index (χ1n) is 5.84. The van der Waals surface area contributed by atoms with Crippen molar-refractivity contribution < 1.29 is 9.47 Å². The average Bonchev–Trinajstić information content (AvgIpc) is 3.05. The molecule has 3 N–H and O–H groups in total. The van der Waals surface area contributed by atoms with Gasteiger partial charge in [0.15, 0.2) is 0 Å². The molecule has 0 amide bonds. The Morgan fingerprint density at radius 1 is 1.29 bits per heavy atom. The van der Waals surface area contributed by atoms with Crippen molar-refractivity contribution in [3.8, 4) is 11.5 Å². The summed E-state index contributed by atoms with van der Waals surface area (Å²) in [5.74, 6) is 1.66. The monoisotopic (exact) mass is 236 g/mol. The van der Waals surface area contributed by atoms with Gasteiger partial charge in [-0.25, -0.2) is 0 Å². The van der Waals surface area contributed by atoms with E-state index in [1.165, 1.54) is 0 Å². The van der Waals surface area contributed by atoms with Gasteiger partial charge in [0.25, 0.3) is 0 Å². The molecule has 4 nitrogen and oxygen atoms in total. The second kappa shape index (κ2) is 4.45. The molecule has 0 spiro atoms. The number of hydrogen-bond acceptors (Lipinski definition) is 4. The number of rotatable bonds is 5. The van der Waals surface area contributed by atoms with Crippen LogP contribution in [0.5, 0.6) is 11.5 Å². The molecule has 0 radical (unpaired) electrons. The van der Waals surface area contributed by atoms with Crippen molar-refractivity contribution in [3.63, 3.8) is 0 Å². The lowest BCUT2D eigenvalue weighted by Gasteiger charge is -2.17. The van der Waals surface area contributed by atoms with Crippen molar-refractivity contribution in [1.29, 1.82) is 0 Å². The Labute approximate surface area is 102 Å². The summed E-state index contributed by atoms with van der Waals surface area (Å²) >= 11 is 0. The highest BCUT2D eigenvalue weighted by molar-refractivity contribution is 5.64. The summed E-state index contributed by atoms with van der Waals surface area (Å²) < 4.78 is 10.7. The maximum atomic E-state index is 6.05. The van der Waals surface area contributed by atoms with E-state index in [0.717, 1.165) is 42.1 Å². The topological polar surface area (TPSA) is 56.5 Å². The minimum Gasteiger partial charge on any atom is -0.496 e. The highest BCUT2D eigenvalue weighted by Crippen LogP contribution is 2.37. The molecular weight excluding hydrogens is 216 g/mol. The minimum atomic E-state index is -0.0150. The number of ether oxygens (including phenoxy) is 2. The van der Waals surface area contributed by atoms with E-state index in [4.69, 9.17) is 15.2 Å². The van der Waals surface area contributed by atoms with Gasteiger partial charge in [-0.3, -0.25) is 0 Å². The first-order valence-corrected chi connectivity index (χ1v) is 5.84. The lowest BCUT2D eigenvalue weighted by molar-refractivity contribution is 0.390. The minimum absolute atomic E-state index is 0.0150. The van der Waals surface area contributed by atoms with E-state index in [1.807, 2.05) is 19.1 Å². The molecule has 1 aromatic carbocycles.